The molecule has 0 aliphatic heterocycles. The van der Waals surface area contributed by atoms with Gasteiger partial charge in [0.2, 0.25) is 0 Å². The number of aliphatic hydroxyl groups excluding tert-OH is 1. The Morgan fingerprint density at radius 1 is 1.53 bits per heavy atom. The third-order valence-electron chi connectivity index (χ3n) is 3.88. The Labute approximate surface area is 108 Å². The predicted octanol–water partition coefficient (Wildman–Crippen LogP) is 2.59. The molecule has 1 fully saturated rings. The van der Waals surface area contributed by atoms with Crippen molar-refractivity contribution in [2.24, 2.45) is 18.9 Å². The quantitative estimate of drug-likeness (QED) is 0.879. The summed E-state index contributed by atoms with van der Waals surface area (Å²) in [7, 11) is 1.90. The van der Waals surface area contributed by atoms with Crippen molar-refractivity contribution in [3.8, 4) is 0 Å². The van der Waals surface area contributed by atoms with Crippen molar-refractivity contribution in [2.45, 2.75) is 45.6 Å². The normalized spacial score (nSPS) is 19.4. The summed E-state index contributed by atoms with van der Waals surface area (Å²) in [4.78, 5) is 0. The van der Waals surface area contributed by atoms with E-state index in [-0.39, 0.29) is 6.10 Å². The SMILES string of the molecule is CCc1nn(C)c(CC(O)C(C)C2CC2)c1Cl. The summed E-state index contributed by atoms with van der Waals surface area (Å²) in [6.07, 6.45) is 3.66. The van der Waals surface area contributed by atoms with Crippen LogP contribution in [-0.2, 0) is 19.9 Å². The molecule has 2 unspecified atom stereocenters. The Morgan fingerprint density at radius 3 is 2.65 bits per heavy atom. The molecule has 96 valence electrons. The van der Waals surface area contributed by atoms with Gasteiger partial charge >= 0.3 is 0 Å². The van der Waals surface area contributed by atoms with E-state index in [1.807, 2.05) is 18.7 Å². The lowest BCUT2D eigenvalue weighted by atomic mass is 9.95. The molecule has 1 N–H and O–H groups in total. The van der Waals surface area contributed by atoms with Gasteiger partial charge in [-0.2, -0.15) is 5.10 Å². The molecule has 4 heteroatoms. The highest BCUT2D eigenvalue weighted by atomic mass is 35.5. The number of rotatable bonds is 5. The fraction of sp³-hybridized carbons (Fsp3) is 0.769. The number of nitrogens with zero attached hydrogens (tertiary/aromatic N) is 2. The lowest BCUT2D eigenvalue weighted by Gasteiger charge is -2.18. The van der Waals surface area contributed by atoms with E-state index >= 15 is 0 Å². The molecule has 0 amide bonds. The van der Waals surface area contributed by atoms with Gasteiger partial charge in [-0.15, -0.1) is 0 Å². The van der Waals surface area contributed by atoms with Crippen LogP contribution in [0.3, 0.4) is 0 Å². The molecule has 1 saturated carbocycles. The number of hydrogen-bond donors (Lipinski definition) is 1. The molecule has 1 aliphatic rings. The molecule has 0 spiro atoms. The van der Waals surface area contributed by atoms with Crippen LogP contribution >= 0.6 is 11.6 Å². The van der Waals surface area contributed by atoms with Crippen LogP contribution in [-0.4, -0.2) is 21.0 Å². The van der Waals surface area contributed by atoms with Gasteiger partial charge < -0.3 is 5.11 Å². The zero-order valence-corrected chi connectivity index (χ0v) is 11.5. The highest BCUT2D eigenvalue weighted by Crippen LogP contribution is 2.39. The molecule has 1 heterocycles. The fourth-order valence-corrected chi connectivity index (χ4v) is 2.73. The summed E-state index contributed by atoms with van der Waals surface area (Å²) in [6.45, 7) is 4.18. The summed E-state index contributed by atoms with van der Waals surface area (Å²) in [5, 5.41) is 15.3. The van der Waals surface area contributed by atoms with E-state index in [0.29, 0.717) is 18.3 Å². The predicted molar refractivity (Wildman–Crippen MR) is 69.2 cm³/mol. The lowest BCUT2D eigenvalue weighted by molar-refractivity contribution is 0.103. The molecule has 1 aromatic heterocycles. The minimum absolute atomic E-state index is 0.305. The minimum Gasteiger partial charge on any atom is -0.392 e. The molecule has 3 nitrogen and oxygen atoms in total. The van der Waals surface area contributed by atoms with Crippen LogP contribution < -0.4 is 0 Å². The van der Waals surface area contributed by atoms with Gasteiger partial charge in [-0.3, -0.25) is 4.68 Å². The Hall–Kier alpha value is -0.540. The van der Waals surface area contributed by atoms with Gasteiger partial charge in [0, 0.05) is 13.5 Å². The molecule has 0 saturated heterocycles. The van der Waals surface area contributed by atoms with Crippen LogP contribution in [0.1, 0.15) is 38.1 Å². The first-order valence-corrected chi connectivity index (χ1v) is 6.80. The van der Waals surface area contributed by atoms with E-state index in [4.69, 9.17) is 11.6 Å². The molecule has 0 aromatic carbocycles. The van der Waals surface area contributed by atoms with Crippen molar-refractivity contribution in [2.75, 3.05) is 0 Å². The maximum atomic E-state index is 10.2. The topological polar surface area (TPSA) is 38.0 Å². The third-order valence-corrected chi connectivity index (χ3v) is 4.31. The Morgan fingerprint density at radius 2 is 2.18 bits per heavy atom. The minimum atomic E-state index is -0.305. The summed E-state index contributed by atoms with van der Waals surface area (Å²) < 4.78 is 1.81. The van der Waals surface area contributed by atoms with Crippen molar-refractivity contribution in [1.82, 2.24) is 9.78 Å². The van der Waals surface area contributed by atoms with Crippen LogP contribution in [0.2, 0.25) is 5.02 Å². The maximum Gasteiger partial charge on any atom is 0.0850 e. The summed E-state index contributed by atoms with van der Waals surface area (Å²) >= 11 is 6.28. The van der Waals surface area contributed by atoms with Gasteiger partial charge in [0.1, 0.15) is 0 Å². The zero-order chi connectivity index (χ0) is 12.6. The van der Waals surface area contributed by atoms with Gasteiger partial charge in [-0.25, -0.2) is 0 Å². The molecular weight excluding hydrogens is 236 g/mol. The highest BCUT2D eigenvalue weighted by Gasteiger charge is 2.33. The summed E-state index contributed by atoms with van der Waals surface area (Å²) in [6, 6.07) is 0. The van der Waals surface area contributed by atoms with E-state index in [1.54, 1.807) is 0 Å². The molecule has 2 atom stereocenters. The molecule has 17 heavy (non-hydrogen) atoms. The number of aromatic nitrogens is 2. The van der Waals surface area contributed by atoms with Gasteiger partial charge in [0.05, 0.1) is 22.5 Å². The van der Waals surface area contributed by atoms with E-state index in [9.17, 15) is 5.11 Å². The fourth-order valence-electron chi connectivity index (χ4n) is 2.36. The first-order valence-electron chi connectivity index (χ1n) is 6.42. The zero-order valence-electron chi connectivity index (χ0n) is 10.8. The van der Waals surface area contributed by atoms with Gasteiger partial charge in [0.25, 0.3) is 0 Å². The van der Waals surface area contributed by atoms with Crippen molar-refractivity contribution in [3.63, 3.8) is 0 Å². The van der Waals surface area contributed by atoms with Crippen molar-refractivity contribution >= 4 is 11.6 Å². The Balaban J connectivity index is 2.09. The average molecular weight is 257 g/mol. The number of hydrogen-bond acceptors (Lipinski definition) is 2. The van der Waals surface area contributed by atoms with Gasteiger partial charge in [-0.1, -0.05) is 25.4 Å². The van der Waals surface area contributed by atoms with Crippen LogP contribution in [0.4, 0.5) is 0 Å². The molecule has 1 aliphatic carbocycles. The van der Waals surface area contributed by atoms with Gasteiger partial charge in [-0.05, 0) is 31.1 Å². The van der Waals surface area contributed by atoms with Crippen molar-refractivity contribution < 1.29 is 5.11 Å². The lowest BCUT2D eigenvalue weighted by Crippen LogP contribution is -2.23. The van der Waals surface area contributed by atoms with Gasteiger partial charge in [0.15, 0.2) is 0 Å². The number of halogens is 1. The second-order valence-electron chi connectivity index (χ2n) is 5.15. The van der Waals surface area contributed by atoms with E-state index in [0.717, 1.165) is 22.8 Å². The standard InChI is InChI=1S/C13H21ClN2O/c1-4-10-13(14)11(16(3)15-10)7-12(17)8(2)9-5-6-9/h8-9,12,17H,4-7H2,1-3H3. The second-order valence-corrected chi connectivity index (χ2v) is 5.53. The first-order chi connectivity index (χ1) is 8.04. The molecule has 0 radical (unpaired) electrons. The average Bonchev–Trinajstić information content (AvgIpc) is 3.10. The van der Waals surface area contributed by atoms with Crippen molar-refractivity contribution in [3.05, 3.63) is 16.4 Å². The maximum absolute atomic E-state index is 10.2. The Bertz CT molecular complexity index is 398. The first kappa shape index (κ1) is 12.9. The van der Waals surface area contributed by atoms with Crippen LogP contribution in [0.25, 0.3) is 0 Å². The monoisotopic (exact) mass is 256 g/mol. The largest absolute Gasteiger partial charge is 0.392 e. The van der Waals surface area contributed by atoms with E-state index in [2.05, 4.69) is 12.0 Å². The van der Waals surface area contributed by atoms with Crippen molar-refractivity contribution in [1.29, 1.82) is 0 Å². The third kappa shape index (κ3) is 2.66. The smallest absolute Gasteiger partial charge is 0.0850 e. The summed E-state index contributed by atoms with van der Waals surface area (Å²) in [5.41, 5.74) is 1.89. The molecule has 0 bridgehead atoms. The van der Waals surface area contributed by atoms with Crippen LogP contribution in [0.15, 0.2) is 0 Å². The Kier molecular flexibility index (Phi) is 3.79. The van der Waals surface area contributed by atoms with Crippen LogP contribution in [0.5, 0.6) is 0 Å². The summed E-state index contributed by atoms with van der Waals surface area (Å²) in [5.74, 6) is 1.08. The highest BCUT2D eigenvalue weighted by molar-refractivity contribution is 6.31. The molecule has 1 aromatic rings. The molecular formula is C13H21ClN2O. The van der Waals surface area contributed by atoms with Crippen LogP contribution in [0, 0.1) is 11.8 Å². The number of aryl methyl sites for hydroxylation is 2. The second kappa shape index (κ2) is 4.99. The molecule has 2 rings (SSSR count). The van der Waals surface area contributed by atoms with E-state index in [1.165, 1.54) is 12.8 Å². The van der Waals surface area contributed by atoms with E-state index < -0.39 is 0 Å². The number of aliphatic hydroxyl groups is 1.